The molecule has 0 spiro atoms. The van der Waals surface area contributed by atoms with E-state index in [2.05, 4.69) is 38.6 Å². The van der Waals surface area contributed by atoms with Crippen molar-refractivity contribution in [3.8, 4) is 0 Å². The zero-order valence-corrected chi connectivity index (χ0v) is 16.9. The highest BCUT2D eigenvalue weighted by atomic mass is 16.2. The number of hydrogen-bond acceptors (Lipinski definition) is 2. The standard InChI is InChI=1S/C26H25N3O/c30-26(17-24(20-9-3-1-4-10-20)21-11-5-2-6-12-21)29(22-14-15-22)19-23-18-27-25-13-7-8-16-28(23)25/h1-13,16,18,22,24H,14-15,17,19H2. The van der Waals surface area contributed by atoms with Gasteiger partial charge in [0.2, 0.25) is 5.91 Å². The highest BCUT2D eigenvalue weighted by Gasteiger charge is 2.34. The Labute approximate surface area is 176 Å². The Morgan fingerprint density at radius 3 is 2.20 bits per heavy atom. The highest BCUT2D eigenvalue weighted by Crippen LogP contribution is 2.33. The predicted octanol–water partition coefficient (Wildman–Crippen LogP) is 5.05. The average molecular weight is 396 g/mol. The van der Waals surface area contributed by atoms with Gasteiger partial charge in [0.25, 0.3) is 0 Å². The molecule has 5 rings (SSSR count). The number of carbonyl (C=O) groups excluding carboxylic acids is 1. The van der Waals surface area contributed by atoms with Gasteiger partial charge in [-0.25, -0.2) is 4.98 Å². The van der Waals surface area contributed by atoms with Crippen LogP contribution in [0.3, 0.4) is 0 Å². The lowest BCUT2D eigenvalue weighted by Crippen LogP contribution is -2.34. The van der Waals surface area contributed by atoms with Crippen LogP contribution in [-0.2, 0) is 11.3 Å². The van der Waals surface area contributed by atoms with Crippen molar-refractivity contribution in [1.29, 1.82) is 0 Å². The normalized spacial score (nSPS) is 13.6. The quantitative estimate of drug-likeness (QED) is 0.439. The summed E-state index contributed by atoms with van der Waals surface area (Å²) in [6, 6.07) is 27.1. The molecule has 1 saturated carbocycles. The van der Waals surface area contributed by atoms with Crippen molar-refractivity contribution in [2.45, 2.75) is 37.8 Å². The molecule has 2 aromatic carbocycles. The average Bonchev–Trinajstić information content (AvgIpc) is 3.57. The van der Waals surface area contributed by atoms with Crippen LogP contribution >= 0.6 is 0 Å². The van der Waals surface area contributed by atoms with Crippen molar-refractivity contribution >= 4 is 11.6 Å². The molecule has 4 aromatic rings. The molecule has 2 heterocycles. The first kappa shape index (κ1) is 18.6. The molecule has 1 fully saturated rings. The van der Waals surface area contributed by atoms with Gasteiger partial charge < -0.3 is 9.30 Å². The van der Waals surface area contributed by atoms with Crippen LogP contribution in [0.15, 0.2) is 91.3 Å². The van der Waals surface area contributed by atoms with Gasteiger partial charge in [-0.05, 0) is 36.1 Å². The fraction of sp³-hybridized carbons (Fsp3) is 0.231. The van der Waals surface area contributed by atoms with Gasteiger partial charge in [0.05, 0.1) is 18.4 Å². The van der Waals surface area contributed by atoms with Gasteiger partial charge in [0.1, 0.15) is 5.65 Å². The molecule has 1 aliphatic carbocycles. The molecule has 150 valence electrons. The fourth-order valence-corrected chi connectivity index (χ4v) is 4.17. The number of carbonyl (C=O) groups is 1. The second-order valence-corrected chi connectivity index (χ2v) is 8.01. The molecule has 1 amide bonds. The van der Waals surface area contributed by atoms with Crippen LogP contribution in [0.25, 0.3) is 5.65 Å². The van der Waals surface area contributed by atoms with Gasteiger partial charge in [-0.15, -0.1) is 0 Å². The summed E-state index contributed by atoms with van der Waals surface area (Å²) in [4.78, 5) is 20.1. The van der Waals surface area contributed by atoms with Gasteiger partial charge >= 0.3 is 0 Å². The number of imidazole rings is 1. The van der Waals surface area contributed by atoms with E-state index in [0.29, 0.717) is 19.0 Å². The Bertz CT molecular complexity index is 1090. The number of rotatable bonds is 7. The molecule has 1 aliphatic rings. The molecular formula is C26H25N3O. The van der Waals surface area contributed by atoms with Gasteiger partial charge in [0, 0.05) is 24.6 Å². The van der Waals surface area contributed by atoms with E-state index in [1.807, 2.05) is 67.0 Å². The third-order valence-electron chi connectivity index (χ3n) is 5.92. The first-order chi connectivity index (χ1) is 14.8. The zero-order chi connectivity index (χ0) is 20.3. The lowest BCUT2D eigenvalue weighted by atomic mass is 9.88. The van der Waals surface area contributed by atoms with Gasteiger partial charge in [0.15, 0.2) is 0 Å². The van der Waals surface area contributed by atoms with E-state index < -0.39 is 0 Å². The number of fused-ring (bicyclic) bond motifs is 1. The Morgan fingerprint density at radius 2 is 1.57 bits per heavy atom. The maximum atomic E-state index is 13.5. The maximum absolute atomic E-state index is 13.5. The molecule has 0 radical (unpaired) electrons. The number of amides is 1. The lowest BCUT2D eigenvalue weighted by Gasteiger charge is -2.26. The molecule has 0 atom stereocenters. The van der Waals surface area contributed by atoms with E-state index in [0.717, 1.165) is 24.2 Å². The van der Waals surface area contributed by atoms with E-state index in [1.165, 1.54) is 11.1 Å². The van der Waals surface area contributed by atoms with E-state index in [4.69, 9.17) is 0 Å². The molecule has 2 aromatic heterocycles. The summed E-state index contributed by atoms with van der Waals surface area (Å²) in [6.07, 6.45) is 6.56. The third kappa shape index (κ3) is 3.86. The second kappa shape index (κ2) is 8.15. The largest absolute Gasteiger partial charge is 0.334 e. The van der Waals surface area contributed by atoms with Crippen molar-refractivity contribution in [2.24, 2.45) is 0 Å². The molecule has 0 N–H and O–H groups in total. The first-order valence-electron chi connectivity index (χ1n) is 10.6. The molecule has 0 saturated heterocycles. The van der Waals surface area contributed by atoms with Crippen LogP contribution in [0.2, 0.25) is 0 Å². The summed E-state index contributed by atoms with van der Waals surface area (Å²) in [5.41, 5.74) is 4.34. The first-order valence-corrected chi connectivity index (χ1v) is 10.6. The van der Waals surface area contributed by atoms with E-state index >= 15 is 0 Å². The topological polar surface area (TPSA) is 37.6 Å². The Hall–Kier alpha value is -3.40. The summed E-state index contributed by atoms with van der Waals surface area (Å²) >= 11 is 0. The number of hydrogen-bond donors (Lipinski definition) is 0. The summed E-state index contributed by atoms with van der Waals surface area (Å²) in [5.74, 6) is 0.268. The number of nitrogens with zero attached hydrogens (tertiary/aromatic N) is 3. The van der Waals surface area contributed by atoms with E-state index in [-0.39, 0.29) is 11.8 Å². The Kier molecular flexibility index (Phi) is 5.06. The Balaban J connectivity index is 1.42. The number of pyridine rings is 1. The summed E-state index contributed by atoms with van der Waals surface area (Å²) in [7, 11) is 0. The van der Waals surface area contributed by atoms with Crippen LogP contribution in [0.5, 0.6) is 0 Å². The van der Waals surface area contributed by atoms with E-state index in [9.17, 15) is 4.79 Å². The van der Waals surface area contributed by atoms with Crippen molar-refractivity contribution in [3.05, 3.63) is 108 Å². The summed E-state index contributed by atoms with van der Waals surface area (Å²) < 4.78 is 2.08. The van der Waals surface area contributed by atoms with Crippen molar-refractivity contribution in [2.75, 3.05) is 0 Å². The second-order valence-electron chi connectivity index (χ2n) is 8.01. The molecular weight excluding hydrogens is 370 g/mol. The van der Waals surface area contributed by atoms with Gasteiger partial charge in [-0.2, -0.15) is 0 Å². The van der Waals surface area contributed by atoms with Gasteiger partial charge in [-0.3, -0.25) is 4.79 Å². The minimum Gasteiger partial charge on any atom is -0.334 e. The molecule has 0 unspecified atom stereocenters. The monoisotopic (exact) mass is 395 g/mol. The molecule has 0 bridgehead atoms. The van der Waals surface area contributed by atoms with Crippen LogP contribution in [0.1, 0.15) is 42.0 Å². The van der Waals surface area contributed by atoms with Crippen molar-refractivity contribution in [3.63, 3.8) is 0 Å². The lowest BCUT2D eigenvalue weighted by molar-refractivity contribution is -0.132. The summed E-state index contributed by atoms with van der Waals surface area (Å²) in [6.45, 7) is 0.602. The van der Waals surface area contributed by atoms with E-state index in [1.54, 1.807) is 0 Å². The predicted molar refractivity (Wildman–Crippen MR) is 118 cm³/mol. The van der Waals surface area contributed by atoms with Gasteiger partial charge in [-0.1, -0.05) is 66.7 Å². The summed E-state index contributed by atoms with van der Waals surface area (Å²) in [5, 5.41) is 0. The minimum atomic E-state index is 0.0586. The highest BCUT2D eigenvalue weighted by molar-refractivity contribution is 5.78. The number of benzene rings is 2. The number of aromatic nitrogens is 2. The van der Waals surface area contributed by atoms with Crippen LogP contribution in [0.4, 0.5) is 0 Å². The molecule has 4 nitrogen and oxygen atoms in total. The zero-order valence-electron chi connectivity index (χ0n) is 16.9. The SMILES string of the molecule is O=C(CC(c1ccccc1)c1ccccc1)N(Cc1cnc2ccccn12)C1CC1. The van der Waals surface area contributed by atoms with Crippen LogP contribution in [-0.4, -0.2) is 26.2 Å². The van der Waals surface area contributed by atoms with Crippen LogP contribution < -0.4 is 0 Å². The minimum absolute atomic E-state index is 0.0586. The van der Waals surface area contributed by atoms with Crippen molar-refractivity contribution < 1.29 is 4.79 Å². The maximum Gasteiger partial charge on any atom is 0.224 e. The molecule has 30 heavy (non-hydrogen) atoms. The molecule has 4 heteroatoms. The fourth-order valence-electron chi connectivity index (χ4n) is 4.17. The van der Waals surface area contributed by atoms with Crippen LogP contribution in [0, 0.1) is 0 Å². The Morgan fingerprint density at radius 1 is 0.933 bits per heavy atom. The third-order valence-corrected chi connectivity index (χ3v) is 5.92. The van der Waals surface area contributed by atoms with Crippen molar-refractivity contribution in [1.82, 2.24) is 14.3 Å². The smallest absolute Gasteiger partial charge is 0.224 e. The molecule has 0 aliphatic heterocycles.